The van der Waals surface area contributed by atoms with Gasteiger partial charge in [0.25, 0.3) is 0 Å². The third kappa shape index (κ3) is 21.5. The van der Waals surface area contributed by atoms with E-state index in [-0.39, 0.29) is 6.41 Å². The number of carbonyl (C=O) groups is 6. The number of hydrogen-bond acceptors (Lipinski definition) is 46. The van der Waals surface area contributed by atoms with Crippen molar-refractivity contribution in [2.24, 2.45) is 0 Å². The lowest BCUT2D eigenvalue weighted by molar-refractivity contribution is -0.411. The summed E-state index contributed by atoms with van der Waals surface area (Å²) in [5, 5.41) is 280. The predicted octanol–water partition coefficient (Wildman–Crippen LogP) is -20.9. The molecule has 42 atom stereocenters. The minimum atomic E-state index is -3.38. The monoisotopic (exact) mass is 1670 g/mol. The standard InChI is InChI=1S/C63H105N5O46/c1-17(78)65-31-22(82)5-63(62(97)98,113-51(31)35(84)23(83)7-70)114-54-38(87)26(10-73)103-61(47(54)96)109-48-27(11-74)104-55(33(41(48)90)67-19(3)80)100-15-30-39(88)53(112-56-32(66-18(2)79)40(89)36(85)24(8-71)101-56)46(95)60(107-30)108-49-28(12-75)105-57(34(42(49)91)68-20(4)81)111-52-37(86)25(9-72)102-59(45(52)94)110-50-29(13-76)106-58(44(93)43(50)92)99-14-21(6-69)64-16-77/h16,21-61,69-76,82-96H,5-15H2,1-4H3,(H,64,77)(H,65,78)(H,66,79)(H,67,80)(H,68,81)(H,97,98)/p-1/t21-,22+,23-,24-,25-,26-,27-,28-,29-,30-,31-,32-,33-,34-,35-,36-,37+,38+,39+,40-,41-,42-,43-,44-,45-,46-,47-,48-,49-,50-,51-,52+,53+,54+,55-,56-,57+,58-,59+,60+,61+,63+/m1/s1. The zero-order valence-corrected chi connectivity index (χ0v) is 61.2. The van der Waals surface area contributed by atoms with Crippen molar-refractivity contribution in [1.82, 2.24) is 26.6 Å². The Balaban J connectivity index is 1.05. The summed E-state index contributed by atoms with van der Waals surface area (Å²) in [5.41, 5.74) is 0. The molecule has 0 radical (unpaired) electrons. The third-order valence-electron chi connectivity index (χ3n) is 20.2. The highest BCUT2D eigenvalue weighted by atomic mass is 16.8. The quantitative estimate of drug-likeness (QED) is 0.0262. The summed E-state index contributed by atoms with van der Waals surface area (Å²) in [7, 11) is 0. The van der Waals surface area contributed by atoms with Gasteiger partial charge in [-0.25, -0.2) is 0 Å². The molecule has 51 heteroatoms. The van der Waals surface area contributed by atoms with Crippen LogP contribution in [0.25, 0.3) is 0 Å². The molecule has 8 heterocycles. The van der Waals surface area contributed by atoms with Crippen LogP contribution >= 0.6 is 0 Å². The Kier molecular flexibility index (Phi) is 34.9. The summed E-state index contributed by atoms with van der Waals surface area (Å²) in [6, 6.07) is -8.53. The van der Waals surface area contributed by atoms with Crippen LogP contribution in [0.4, 0.5) is 0 Å². The number of carboxylic acid groups (broad SMARTS) is 1. The van der Waals surface area contributed by atoms with Gasteiger partial charge in [-0.2, -0.15) is 0 Å². The minimum Gasteiger partial charge on any atom is -0.544 e. The Hall–Kier alpha value is -4.74. The number of aliphatic carboxylic acids is 1. The lowest BCUT2D eigenvalue weighted by Gasteiger charge is -2.52. The SMILES string of the molecule is CC(=O)N[C@H]1[C@H](OC[C@H]2O[C@@H](O[C@H]3[C@H](O)[C@@H](NC(C)=O)[C@H](O[C@H]4[C@@H](O)[C@@H](CO)O[C@@H](O[C@H]5[C@H](O)[C@@H](O)[C@H](OC[C@@H](CO)NC=O)O[C@@H]5CO)[C@@H]4O)O[C@@H]3CO)[C@H](O)[C@@H](O[C@H]3O[C@H](CO)[C@@H](O)[C@H](O)[C@H]3NC(C)=O)[C@H]2O)O[C@H](CO)[C@@H](O[C@@H]2O[C@H](CO)[C@H](O)[C@H](O[C@]3(C(=O)[O-])C[C@H](O)[C@@H](NC(C)=O)[C@H]([C@H](O)[C@H](O)CO)O3)[C@H]2O)[C@@H]1O. The molecule has 8 aliphatic rings. The molecule has 0 spiro atoms. The van der Waals surface area contributed by atoms with Crippen LogP contribution in [0.2, 0.25) is 0 Å². The van der Waals surface area contributed by atoms with Crippen LogP contribution in [-0.4, -0.2) is 477 Å². The number of rotatable bonds is 35. The van der Waals surface area contributed by atoms with Gasteiger partial charge < -0.3 is 230 Å². The number of aliphatic hydroxyl groups is 23. The Morgan fingerprint density at radius 2 is 0.781 bits per heavy atom. The van der Waals surface area contributed by atoms with Gasteiger partial charge >= 0.3 is 0 Å². The van der Waals surface area contributed by atoms with Gasteiger partial charge in [-0.3, -0.25) is 24.0 Å². The first-order chi connectivity index (χ1) is 53.9. The lowest BCUT2D eigenvalue weighted by atomic mass is 9.88. The summed E-state index contributed by atoms with van der Waals surface area (Å²) in [4.78, 5) is 74.9. The van der Waals surface area contributed by atoms with Gasteiger partial charge in [-0.1, -0.05) is 0 Å². The zero-order chi connectivity index (χ0) is 84.4. The van der Waals surface area contributed by atoms with E-state index in [1.54, 1.807) is 0 Å². The summed E-state index contributed by atoms with van der Waals surface area (Å²) in [5.74, 6) is -9.49. The fourth-order valence-electron chi connectivity index (χ4n) is 14.3. The van der Waals surface area contributed by atoms with Gasteiger partial charge in [0.1, 0.15) is 195 Å². The number of nitrogens with one attached hydrogen (secondary N) is 5. The fraction of sp³-hybridized carbons (Fsp3) is 0.905. The van der Waals surface area contributed by atoms with Crippen molar-refractivity contribution in [2.75, 3.05) is 66.1 Å². The molecule has 8 saturated heterocycles. The van der Waals surface area contributed by atoms with Gasteiger partial charge in [0, 0.05) is 34.1 Å². The highest BCUT2D eigenvalue weighted by Gasteiger charge is 2.62. The van der Waals surface area contributed by atoms with Crippen molar-refractivity contribution in [3.63, 3.8) is 0 Å². The molecule has 8 aliphatic heterocycles. The molecule has 658 valence electrons. The van der Waals surface area contributed by atoms with Crippen LogP contribution in [0, 0.1) is 0 Å². The van der Waals surface area contributed by atoms with E-state index in [0.29, 0.717) is 0 Å². The van der Waals surface area contributed by atoms with E-state index in [1.165, 1.54) is 0 Å². The highest BCUT2D eigenvalue weighted by molar-refractivity contribution is 5.76. The lowest BCUT2D eigenvalue weighted by Crippen LogP contribution is -2.72. The molecule has 8 rings (SSSR count). The molecule has 28 N–H and O–H groups in total. The Bertz CT molecular complexity index is 3060. The van der Waals surface area contributed by atoms with E-state index in [2.05, 4.69) is 26.6 Å². The summed E-state index contributed by atoms with van der Waals surface area (Å²) in [6.07, 6.45) is -77.3. The number of ether oxygens (including phenoxy) is 16. The Morgan fingerprint density at radius 3 is 1.22 bits per heavy atom. The molecule has 8 fully saturated rings. The topological polar surface area (TPSA) is 799 Å². The number of aliphatic hydroxyl groups excluding tert-OH is 23. The molecule has 0 bridgehead atoms. The second-order valence-electron chi connectivity index (χ2n) is 28.2. The van der Waals surface area contributed by atoms with Gasteiger partial charge in [0.15, 0.2) is 44.0 Å². The van der Waals surface area contributed by atoms with E-state index in [9.17, 15) is 151 Å². The maximum absolute atomic E-state index is 13.1. The number of hydrogen-bond donors (Lipinski definition) is 28. The van der Waals surface area contributed by atoms with Crippen molar-refractivity contribution in [3.8, 4) is 0 Å². The molecule has 0 saturated carbocycles. The molecule has 0 aromatic rings. The zero-order valence-electron chi connectivity index (χ0n) is 61.2. The van der Waals surface area contributed by atoms with Crippen molar-refractivity contribution in [3.05, 3.63) is 0 Å². The van der Waals surface area contributed by atoms with Gasteiger partial charge in [-0.05, 0) is 0 Å². The fourth-order valence-corrected chi connectivity index (χ4v) is 14.3. The molecular formula is C63H104N5O46-. The van der Waals surface area contributed by atoms with Crippen molar-refractivity contribution in [1.29, 1.82) is 0 Å². The molecule has 5 amide bonds. The number of amides is 5. The molecule has 0 unspecified atom stereocenters. The van der Waals surface area contributed by atoms with Crippen LogP contribution in [0.5, 0.6) is 0 Å². The van der Waals surface area contributed by atoms with Crippen LogP contribution in [0.3, 0.4) is 0 Å². The summed E-state index contributed by atoms with van der Waals surface area (Å²) in [6.45, 7) is -6.49. The normalized spacial score (nSPS) is 44.9. The molecule has 0 aromatic heterocycles. The summed E-state index contributed by atoms with van der Waals surface area (Å²) >= 11 is 0. The minimum absolute atomic E-state index is 0.246. The van der Waals surface area contributed by atoms with E-state index >= 15 is 0 Å². The molecule has 0 aromatic carbocycles. The molecule has 51 nitrogen and oxygen atoms in total. The second kappa shape index (κ2) is 42.0. The van der Waals surface area contributed by atoms with E-state index < -0.39 is 359 Å². The molecule has 114 heavy (non-hydrogen) atoms. The highest BCUT2D eigenvalue weighted by Crippen LogP contribution is 2.41. The molecule has 0 aliphatic carbocycles. The average Bonchev–Trinajstić information content (AvgIpc) is 0.757. The van der Waals surface area contributed by atoms with Crippen molar-refractivity contribution < 1.29 is 227 Å². The maximum atomic E-state index is 13.1. The maximum Gasteiger partial charge on any atom is 0.217 e. The number of carbonyl (C=O) groups excluding carboxylic acids is 6. The van der Waals surface area contributed by atoms with E-state index in [4.69, 9.17) is 75.8 Å². The van der Waals surface area contributed by atoms with Crippen molar-refractivity contribution in [2.45, 2.75) is 291 Å². The smallest absolute Gasteiger partial charge is 0.217 e. The average molecular weight is 1670 g/mol. The van der Waals surface area contributed by atoms with Crippen molar-refractivity contribution >= 4 is 36.0 Å². The third-order valence-corrected chi connectivity index (χ3v) is 20.2. The first-order valence-electron chi connectivity index (χ1n) is 35.9. The van der Waals surface area contributed by atoms with Crippen LogP contribution < -0.4 is 31.7 Å². The predicted molar refractivity (Wildman–Crippen MR) is 349 cm³/mol. The van der Waals surface area contributed by atoms with Gasteiger partial charge in [0.05, 0.1) is 84.3 Å². The second-order valence-corrected chi connectivity index (χ2v) is 28.2. The largest absolute Gasteiger partial charge is 0.544 e. The van der Waals surface area contributed by atoms with Gasteiger partial charge in [-0.15, -0.1) is 0 Å². The number of carboxylic acids is 1. The first-order valence-corrected chi connectivity index (χ1v) is 35.9. The van der Waals surface area contributed by atoms with E-state index in [1.807, 2.05) is 0 Å². The van der Waals surface area contributed by atoms with Crippen LogP contribution in [0.15, 0.2) is 0 Å². The summed E-state index contributed by atoms with van der Waals surface area (Å²) < 4.78 is 93.5. The van der Waals surface area contributed by atoms with Crippen LogP contribution in [-0.2, 0) is 105 Å². The Labute approximate surface area is 645 Å². The van der Waals surface area contributed by atoms with Gasteiger partial charge in [0.2, 0.25) is 35.8 Å². The van der Waals surface area contributed by atoms with E-state index in [0.717, 1.165) is 27.7 Å². The van der Waals surface area contributed by atoms with Crippen LogP contribution in [0.1, 0.15) is 34.1 Å². The first kappa shape index (κ1) is 94.7. The molecular weight excluding hydrogens is 1560 g/mol. The Morgan fingerprint density at radius 1 is 0.412 bits per heavy atom.